The molecule has 174 valence electrons. The van der Waals surface area contributed by atoms with Crippen LogP contribution in [0.25, 0.3) is 0 Å². The highest BCUT2D eigenvalue weighted by Gasteiger charge is 2.55. The molecule has 0 spiro atoms. The second-order valence-corrected chi connectivity index (χ2v) is 9.84. The number of nitrogens with zero attached hydrogens (tertiary/aromatic N) is 1. The number of oxime groups is 1. The summed E-state index contributed by atoms with van der Waals surface area (Å²) in [5.74, 6) is -0.543. The third-order valence-corrected chi connectivity index (χ3v) is 7.94. The Hall–Kier alpha value is -2.87. The molecule has 2 heterocycles. The van der Waals surface area contributed by atoms with Gasteiger partial charge in [-0.1, -0.05) is 16.8 Å². The van der Waals surface area contributed by atoms with Crippen molar-refractivity contribution in [1.29, 1.82) is 0 Å². The Morgan fingerprint density at radius 3 is 2.73 bits per heavy atom. The molecule has 1 saturated heterocycles. The number of allylic oxidation sites excluding steroid dienone is 1. The zero-order chi connectivity index (χ0) is 22.7. The van der Waals surface area contributed by atoms with Gasteiger partial charge in [-0.15, -0.1) is 0 Å². The van der Waals surface area contributed by atoms with Gasteiger partial charge in [0.2, 0.25) is 0 Å². The zero-order valence-electron chi connectivity index (χ0n) is 18.5. The summed E-state index contributed by atoms with van der Waals surface area (Å²) in [6.45, 7) is 1.05. The minimum atomic E-state index is -0.834. The molecule has 1 aromatic rings. The van der Waals surface area contributed by atoms with Crippen molar-refractivity contribution in [3.05, 3.63) is 41.0 Å². The average Bonchev–Trinajstić information content (AvgIpc) is 3.12. The van der Waals surface area contributed by atoms with Gasteiger partial charge in [0.25, 0.3) is 5.91 Å². The van der Waals surface area contributed by atoms with Crippen LogP contribution in [0, 0.1) is 29.6 Å². The van der Waals surface area contributed by atoms with E-state index in [1.165, 1.54) is 25.5 Å². The van der Waals surface area contributed by atoms with Gasteiger partial charge in [0.1, 0.15) is 5.75 Å². The first kappa shape index (κ1) is 20.7. The highest BCUT2D eigenvalue weighted by molar-refractivity contribution is 6.06. The predicted octanol–water partition coefficient (Wildman–Crippen LogP) is 2.62. The van der Waals surface area contributed by atoms with E-state index in [-0.39, 0.29) is 29.8 Å². The fraction of sp³-hybridized carbons (Fsp3) is 0.560. The summed E-state index contributed by atoms with van der Waals surface area (Å²) in [7, 11) is 1.52. The monoisotopic (exact) mass is 452 g/mol. The molecule has 3 aliphatic carbocycles. The molecule has 8 heteroatoms. The topological polar surface area (TPSA) is 106 Å². The van der Waals surface area contributed by atoms with E-state index < -0.39 is 17.9 Å². The Bertz CT molecular complexity index is 1060. The Labute approximate surface area is 192 Å². The Kier molecular flexibility index (Phi) is 4.94. The van der Waals surface area contributed by atoms with Crippen LogP contribution in [-0.4, -0.2) is 55.2 Å². The predicted molar refractivity (Wildman–Crippen MR) is 118 cm³/mol. The van der Waals surface area contributed by atoms with Crippen LogP contribution in [0.5, 0.6) is 5.75 Å². The smallest absolute Gasteiger partial charge is 0.309 e. The quantitative estimate of drug-likeness (QED) is 0.643. The molecule has 0 radical (unpaired) electrons. The van der Waals surface area contributed by atoms with Crippen LogP contribution < -0.4 is 10.1 Å². The van der Waals surface area contributed by atoms with Gasteiger partial charge in [0, 0.05) is 17.5 Å². The maximum absolute atomic E-state index is 13.5. The number of fused-ring (bicyclic) bond motifs is 3. The Morgan fingerprint density at radius 2 is 1.97 bits per heavy atom. The van der Waals surface area contributed by atoms with Crippen molar-refractivity contribution >= 4 is 17.6 Å². The fourth-order valence-corrected chi connectivity index (χ4v) is 6.17. The first-order valence-electron chi connectivity index (χ1n) is 11.8. The number of nitrogens with one attached hydrogen (secondary N) is 1. The van der Waals surface area contributed by atoms with Gasteiger partial charge in [-0.25, -0.2) is 0 Å². The third-order valence-electron chi connectivity index (χ3n) is 7.94. The second-order valence-electron chi connectivity index (χ2n) is 9.84. The molecule has 6 rings (SSSR count). The van der Waals surface area contributed by atoms with E-state index in [1.807, 2.05) is 6.07 Å². The molecule has 2 bridgehead atoms. The number of hydrogen-bond donors (Lipinski definition) is 2. The standard InChI is InChI=1S/C25H28N2O6/c1-31-19-7-4-13(22-18-10-32-11-20(18)33-27-22)9-17(19)24(28)26-23-15-6-5-14(21(23)25(29)30)16(15)8-12-2-3-12/h4,7-9,12,14-15,18,20-21,23H,2-3,5-6,10-11H2,1H3,(H,26,28)(H,29,30)/b16-8-/t14-,15+,18?,20?,21-,23+/m0/s1. The number of methoxy groups -OCH3 is 1. The molecule has 5 aliphatic rings. The number of benzene rings is 1. The Balaban J connectivity index is 1.28. The molecule has 0 aromatic heterocycles. The van der Waals surface area contributed by atoms with Gasteiger partial charge in [-0.05, 0) is 55.7 Å². The first-order valence-corrected chi connectivity index (χ1v) is 11.8. The summed E-state index contributed by atoms with van der Waals surface area (Å²) >= 11 is 0. The van der Waals surface area contributed by atoms with Crippen molar-refractivity contribution in [2.45, 2.75) is 37.8 Å². The summed E-state index contributed by atoms with van der Waals surface area (Å²) in [4.78, 5) is 31.1. The van der Waals surface area contributed by atoms with Gasteiger partial charge in [0.15, 0.2) is 6.10 Å². The lowest BCUT2D eigenvalue weighted by Crippen LogP contribution is -2.46. The third kappa shape index (κ3) is 3.42. The maximum atomic E-state index is 13.5. The van der Waals surface area contributed by atoms with E-state index in [0.29, 0.717) is 30.4 Å². The van der Waals surface area contributed by atoms with E-state index in [1.54, 1.807) is 12.1 Å². The van der Waals surface area contributed by atoms with E-state index in [9.17, 15) is 14.7 Å². The number of carbonyl (C=O) groups excluding carboxylic acids is 1. The van der Waals surface area contributed by atoms with Gasteiger partial charge >= 0.3 is 5.97 Å². The molecule has 33 heavy (non-hydrogen) atoms. The number of hydrogen-bond acceptors (Lipinski definition) is 6. The molecule has 8 nitrogen and oxygen atoms in total. The lowest BCUT2D eigenvalue weighted by Gasteiger charge is -2.28. The minimum Gasteiger partial charge on any atom is -0.496 e. The molecular formula is C25H28N2O6. The number of rotatable bonds is 6. The number of carboxylic acids is 1. The van der Waals surface area contributed by atoms with Gasteiger partial charge in [-0.3, -0.25) is 9.59 Å². The van der Waals surface area contributed by atoms with Crippen LogP contribution in [0.4, 0.5) is 0 Å². The van der Waals surface area contributed by atoms with Crippen LogP contribution in [0.1, 0.15) is 41.6 Å². The average molecular weight is 453 g/mol. The summed E-state index contributed by atoms with van der Waals surface area (Å²) < 4.78 is 11.0. The van der Waals surface area contributed by atoms with Crippen molar-refractivity contribution in [3.8, 4) is 5.75 Å². The van der Waals surface area contributed by atoms with Crippen LogP contribution in [-0.2, 0) is 14.4 Å². The van der Waals surface area contributed by atoms with Gasteiger partial charge < -0.3 is 24.7 Å². The second kappa shape index (κ2) is 7.87. The van der Waals surface area contributed by atoms with Crippen LogP contribution in [0.3, 0.4) is 0 Å². The zero-order valence-corrected chi connectivity index (χ0v) is 18.5. The van der Waals surface area contributed by atoms with E-state index in [0.717, 1.165) is 24.1 Å². The van der Waals surface area contributed by atoms with Gasteiger partial charge in [-0.2, -0.15) is 0 Å². The number of ether oxygens (including phenoxy) is 2. The van der Waals surface area contributed by atoms with Crippen LogP contribution in [0.15, 0.2) is 35.0 Å². The highest BCUT2D eigenvalue weighted by Crippen LogP contribution is 2.54. The lowest BCUT2D eigenvalue weighted by molar-refractivity contribution is -0.144. The first-order chi connectivity index (χ1) is 16.0. The summed E-state index contributed by atoms with van der Waals surface area (Å²) in [6, 6.07) is 4.98. The Morgan fingerprint density at radius 1 is 1.15 bits per heavy atom. The van der Waals surface area contributed by atoms with Crippen LogP contribution >= 0.6 is 0 Å². The van der Waals surface area contributed by atoms with E-state index in [2.05, 4.69) is 16.5 Å². The van der Waals surface area contributed by atoms with Crippen molar-refractivity contribution < 1.29 is 29.0 Å². The lowest BCUT2D eigenvalue weighted by atomic mass is 9.84. The highest BCUT2D eigenvalue weighted by atomic mass is 16.7. The number of aliphatic carboxylic acids is 1. The largest absolute Gasteiger partial charge is 0.496 e. The number of carboxylic acid groups (broad SMARTS) is 1. The van der Waals surface area contributed by atoms with Crippen molar-refractivity contribution in [1.82, 2.24) is 5.32 Å². The molecule has 2 aliphatic heterocycles. The van der Waals surface area contributed by atoms with Crippen molar-refractivity contribution in [3.63, 3.8) is 0 Å². The molecule has 6 atom stereocenters. The van der Waals surface area contributed by atoms with Crippen LogP contribution in [0.2, 0.25) is 0 Å². The van der Waals surface area contributed by atoms with Gasteiger partial charge in [0.05, 0.1) is 43.4 Å². The molecule has 3 saturated carbocycles. The molecule has 4 fully saturated rings. The van der Waals surface area contributed by atoms with E-state index >= 15 is 0 Å². The maximum Gasteiger partial charge on any atom is 0.309 e. The SMILES string of the molecule is COc1ccc(C2=NOC3COCC23)cc1C(=O)N[C@H]1[C@@H](C(=O)O)[C@H]2CC[C@@H]1/C2=C\C1CC1. The molecular weight excluding hydrogens is 424 g/mol. The minimum absolute atomic E-state index is 0.0240. The molecule has 1 aromatic carbocycles. The molecule has 2 N–H and O–H groups in total. The fourth-order valence-electron chi connectivity index (χ4n) is 6.17. The molecule has 1 amide bonds. The van der Waals surface area contributed by atoms with Crippen molar-refractivity contribution in [2.24, 2.45) is 34.7 Å². The van der Waals surface area contributed by atoms with E-state index in [4.69, 9.17) is 14.3 Å². The molecule has 2 unspecified atom stereocenters. The number of carbonyl (C=O) groups is 2. The summed E-state index contributed by atoms with van der Waals surface area (Å²) in [5, 5.41) is 17.3. The normalized spacial score (nSPS) is 35.3. The number of amides is 1. The summed E-state index contributed by atoms with van der Waals surface area (Å²) in [5.41, 5.74) is 3.18. The van der Waals surface area contributed by atoms with Crippen molar-refractivity contribution in [2.75, 3.05) is 20.3 Å². The summed E-state index contributed by atoms with van der Waals surface area (Å²) in [6.07, 6.45) is 6.39.